The molecule has 0 spiro atoms. The van der Waals surface area contributed by atoms with Crippen molar-refractivity contribution in [2.45, 2.75) is 17.7 Å². The van der Waals surface area contributed by atoms with E-state index in [1.807, 2.05) is 12.1 Å². The topological polar surface area (TPSA) is 144 Å². The van der Waals surface area contributed by atoms with E-state index < -0.39 is 21.8 Å². The lowest BCUT2D eigenvalue weighted by Crippen LogP contribution is -2.35. The van der Waals surface area contributed by atoms with Gasteiger partial charge < -0.3 is 20.7 Å². The minimum Gasteiger partial charge on any atom is -0.449 e. The SMILES string of the molecule is CS(=O)(=O)c1c(N)ccc(NC(=O)c2ccc(Cl)cc2)c1NC(=O)OCC1CCN(c2ccncc2)CC1. The molecule has 4 rings (SSSR count). The van der Waals surface area contributed by atoms with E-state index in [2.05, 4.69) is 20.5 Å². The quantitative estimate of drug-likeness (QED) is 0.362. The number of amides is 2. The molecular weight excluding hydrogens is 530 g/mol. The third-order valence-electron chi connectivity index (χ3n) is 6.23. The van der Waals surface area contributed by atoms with Crippen LogP contribution in [0.3, 0.4) is 0 Å². The van der Waals surface area contributed by atoms with Crippen molar-refractivity contribution < 1.29 is 22.7 Å². The predicted molar refractivity (Wildman–Crippen MR) is 148 cm³/mol. The number of carbonyl (C=O) groups is 2. The third-order valence-corrected chi connectivity index (χ3v) is 7.67. The number of sulfone groups is 1. The zero-order valence-corrected chi connectivity index (χ0v) is 22.3. The van der Waals surface area contributed by atoms with Gasteiger partial charge >= 0.3 is 6.09 Å². The number of nitrogens with one attached hydrogen (secondary N) is 2. The molecule has 0 atom stereocenters. The van der Waals surface area contributed by atoms with Gasteiger partial charge in [-0.05, 0) is 67.3 Å². The first-order valence-corrected chi connectivity index (χ1v) is 14.2. The minimum absolute atomic E-state index is 0.0576. The molecule has 3 aromatic rings. The van der Waals surface area contributed by atoms with E-state index in [9.17, 15) is 18.0 Å². The molecule has 1 aromatic heterocycles. The molecule has 2 aromatic carbocycles. The third kappa shape index (κ3) is 6.73. The molecule has 0 bridgehead atoms. The van der Waals surface area contributed by atoms with Gasteiger partial charge in [-0.25, -0.2) is 13.2 Å². The first-order valence-electron chi connectivity index (χ1n) is 11.9. The zero-order chi connectivity index (χ0) is 27.3. The molecule has 0 saturated carbocycles. The van der Waals surface area contributed by atoms with Crippen molar-refractivity contribution in [1.82, 2.24) is 4.98 Å². The van der Waals surface area contributed by atoms with Gasteiger partial charge in [-0.2, -0.15) is 0 Å². The monoisotopic (exact) mass is 557 g/mol. The molecule has 0 unspecified atom stereocenters. The molecule has 0 radical (unpaired) electrons. The first-order chi connectivity index (χ1) is 18.1. The number of ether oxygens (including phenoxy) is 1. The molecule has 1 aliphatic rings. The standard InChI is InChI=1S/C26H28ClN5O5S/c1-38(35,36)24-21(28)6-7-22(30-25(33)18-2-4-19(27)5-3-18)23(24)31-26(34)37-16-17-10-14-32(15-11-17)20-8-12-29-13-9-20/h2-9,12-13,17H,10-11,14-16,28H2,1H3,(H,30,33)(H,31,34). The summed E-state index contributed by atoms with van der Waals surface area (Å²) in [5.41, 5.74) is 7.17. The van der Waals surface area contributed by atoms with Crippen molar-refractivity contribution in [2.75, 3.05) is 47.2 Å². The average molecular weight is 558 g/mol. The molecule has 4 N–H and O–H groups in total. The molecule has 200 valence electrons. The highest BCUT2D eigenvalue weighted by Gasteiger charge is 2.25. The number of nitrogen functional groups attached to an aromatic ring is 1. The number of nitrogens with zero attached hydrogens (tertiary/aromatic N) is 2. The summed E-state index contributed by atoms with van der Waals surface area (Å²) in [7, 11) is -3.88. The molecule has 10 nitrogen and oxygen atoms in total. The normalized spacial score (nSPS) is 14.1. The maximum Gasteiger partial charge on any atom is 0.411 e. The van der Waals surface area contributed by atoms with Crippen LogP contribution in [0.25, 0.3) is 0 Å². The minimum atomic E-state index is -3.88. The van der Waals surface area contributed by atoms with E-state index in [0.717, 1.165) is 37.9 Å². The second-order valence-corrected chi connectivity index (χ2v) is 11.4. The van der Waals surface area contributed by atoms with Crippen LogP contribution in [-0.4, -0.2) is 51.4 Å². The van der Waals surface area contributed by atoms with Crippen LogP contribution in [0.2, 0.25) is 5.02 Å². The Labute approximate surface area is 226 Å². The van der Waals surface area contributed by atoms with Gasteiger partial charge in [0.05, 0.1) is 23.7 Å². The number of pyridine rings is 1. The van der Waals surface area contributed by atoms with Crippen molar-refractivity contribution >= 4 is 56.2 Å². The van der Waals surface area contributed by atoms with Crippen LogP contribution in [0.4, 0.5) is 27.5 Å². The zero-order valence-electron chi connectivity index (χ0n) is 20.7. The number of piperidine rings is 1. The van der Waals surface area contributed by atoms with Gasteiger partial charge in [0.2, 0.25) is 0 Å². The maximum atomic E-state index is 12.8. The number of aromatic nitrogens is 1. The largest absolute Gasteiger partial charge is 0.449 e. The Hall–Kier alpha value is -3.83. The van der Waals surface area contributed by atoms with Gasteiger partial charge in [-0.15, -0.1) is 0 Å². The maximum absolute atomic E-state index is 12.8. The second kappa shape index (κ2) is 11.7. The highest BCUT2D eigenvalue weighted by atomic mass is 35.5. The highest BCUT2D eigenvalue weighted by molar-refractivity contribution is 7.91. The number of nitrogens with two attached hydrogens (primary N) is 1. The summed E-state index contributed by atoms with van der Waals surface area (Å²) in [4.78, 5) is 31.5. The lowest BCUT2D eigenvalue weighted by atomic mass is 9.97. The second-order valence-electron chi connectivity index (χ2n) is 9.00. The predicted octanol–water partition coefficient (Wildman–Crippen LogP) is 4.44. The number of hydrogen-bond donors (Lipinski definition) is 3. The summed E-state index contributed by atoms with van der Waals surface area (Å²) < 4.78 is 30.5. The lowest BCUT2D eigenvalue weighted by Gasteiger charge is -2.33. The van der Waals surface area contributed by atoms with Crippen molar-refractivity contribution in [3.05, 3.63) is 71.5 Å². The summed E-state index contributed by atoms with van der Waals surface area (Å²) in [5.74, 6) is -0.374. The molecule has 1 saturated heterocycles. The Balaban J connectivity index is 1.45. The molecule has 2 amide bonds. The number of carbonyl (C=O) groups excluding carboxylic acids is 2. The molecule has 2 heterocycles. The van der Waals surface area contributed by atoms with Gasteiger partial charge in [-0.1, -0.05) is 11.6 Å². The summed E-state index contributed by atoms with van der Waals surface area (Å²) in [5, 5.41) is 5.59. The Morgan fingerprint density at radius 2 is 1.71 bits per heavy atom. The lowest BCUT2D eigenvalue weighted by molar-refractivity contribution is 0.102. The van der Waals surface area contributed by atoms with Crippen LogP contribution in [0.15, 0.2) is 65.8 Å². The summed E-state index contributed by atoms with van der Waals surface area (Å²) >= 11 is 5.89. The van der Waals surface area contributed by atoms with E-state index in [1.54, 1.807) is 24.5 Å². The molecule has 12 heteroatoms. The molecule has 0 aliphatic carbocycles. The van der Waals surface area contributed by atoms with Crippen LogP contribution in [0, 0.1) is 5.92 Å². The summed E-state index contributed by atoms with van der Waals surface area (Å²) in [6, 6.07) is 12.8. The van der Waals surface area contributed by atoms with Gasteiger partial charge in [-0.3, -0.25) is 15.1 Å². The molecule has 1 aliphatic heterocycles. The van der Waals surface area contributed by atoms with Crippen molar-refractivity contribution in [3.63, 3.8) is 0 Å². The summed E-state index contributed by atoms with van der Waals surface area (Å²) in [6.07, 6.45) is 5.27. The number of rotatable bonds is 7. The number of halogens is 1. The molecule has 1 fully saturated rings. The van der Waals surface area contributed by atoms with Gasteiger partial charge in [0.15, 0.2) is 9.84 Å². The van der Waals surface area contributed by atoms with Crippen LogP contribution < -0.4 is 21.3 Å². The van der Waals surface area contributed by atoms with Crippen LogP contribution >= 0.6 is 11.6 Å². The Morgan fingerprint density at radius 1 is 1.05 bits per heavy atom. The Kier molecular flexibility index (Phi) is 8.38. The highest BCUT2D eigenvalue weighted by Crippen LogP contribution is 2.35. The van der Waals surface area contributed by atoms with Crippen LogP contribution in [-0.2, 0) is 14.6 Å². The first kappa shape index (κ1) is 27.2. The van der Waals surface area contributed by atoms with Crippen LogP contribution in [0.5, 0.6) is 0 Å². The number of hydrogen-bond acceptors (Lipinski definition) is 8. The van der Waals surface area contributed by atoms with Gasteiger partial charge in [0.1, 0.15) is 4.90 Å². The van der Waals surface area contributed by atoms with E-state index in [0.29, 0.717) is 10.6 Å². The van der Waals surface area contributed by atoms with E-state index >= 15 is 0 Å². The Morgan fingerprint density at radius 3 is 2.34 bits per heavy atom. The van der Waals surface area contributed by atoms with Gasteiger partial charge in [0, 0.05) is 48.0 Å². The fourth-order valence-electron chi connectivity index (χ4n) is 4.27. The van der Waals surface area contributed by atoms with Crippen molar-refractivity contribution in [3.8, 4) is 0 Å². The fourth-order valence-corrected chi connectivity index (χ4v) is 5.42. The van der Waals surface area contributed by atoms with Crippen molar-refractivity contribution in [1.29, 1.82) is 0 Å². The van der Waals surface area contributed by atoms with Gasteiger partial charge in [0.25, 0.3) is 5.91 Å². The molecule has 38 heavy (non-hydrogen) atoms. The molecular formula is C26H28ClN5O5S. The van der Waals surface area contributed by atoms with E-state index in [4.69, 9.17) is 22.1 Å². The van der Waals surface area contributed by atoms with Crippen LogP contribution in [0.1, 0.15) is 23.2 Å². The Bertz CT molecular complexity index is 1410. The summed E-state index contributed by atoms with van der Waals surface area (Å²) in [6.45, 7) is 1.79. The number of anilines is 4. The van der Waals surface area contributed by atoms with E-state index in [1.165, 1.54) is 24.3 Å². The van der Waals surface area contributed by atoms with Crippen molar-refractivity contribution in [2.24, 2.45) is 5.92 Å². The average Bonchev–Trinajstić information content (AvgIpc) is 2.89. The van der Waals surface area contributed by atoms with E-state index in [-0.39, 0.29) is 34.5 Å². The number of benzene rings is 2. The fraction of sp³-hybridized carbons (Fsp3) is 0.269. The smallest absolute Gasteiger partial charge is 0.411 e.